The van der Waals surface area contributed by atoms with Crippen molar-refractivity contribution in [1.82, 2.24) is 19.5 Å². The van der Waals surface area contributed by atoms with Crippen LogP contribution in [0.2, 0.25) is 0 Å². The molecule has 0 aliphatic rings. The molecule has 2 aromatic heterocycles. The molecule has 0 saturated heterocycles. The zero-order valence-corrected chi connectivity index (χ0v) is 9.30. The number of benzene rings is 1. The normalized spacial score (nSPS) is 10.9. The summed E-state index contributed by atoms with van der Waals surface area (Å²) in [5.41, 5.74) is 0.932. The molecule has 3 aromatic rings. The van der Waals surface area contributed by atoms with Gasteiger partial charge in [0.05, 0.1) is 19.2 Å². The maximum Gasteiger partial charge on any atom is 0.278 e. The van der Waals surface area contributed by atoms with Gasteiger partial charge in [-0.1, -0.05) is 18.2 Å². The molecule has 0 radical (unpaired) electrons. The van der Waals surface area contributed by atoms with Gasteiger partial charge in [-0.25, -0.2) is 14.4 Å². The summed E-state index contributed by atoms with van der Waals surface area (Å²) in [6, 6.07) is 6.48. The molecule has 0 unspecified atom stereocenters. The Morgan fingerprint density at radius 1 is 1.28 bits per heavy atom. The van der Waals surface area contributed by atoms with Crippen LogP contribution < -0.4 is 5.56 Å². The summed E-state index contributed by atoms with van der Waals surface area (Å²) >= 11 is 0. The van der Waals surface area contributed by atoms with Gasteiger partial charge in [-0.3, -0.25) is 4.79 Å². The molecule has 18 heavy (non-hydrogen) atoms. The van der Waals surface area contributed by atoms with Crippen molar-refractivity contribution in [3.8, 4) is 0 Å². The predicted molar refractivity (Wildman–Crippen MR) is 63.7 cm³/mol. The van der Waals surface area contributed by atoms with Crippen molar-refractivity contribution in [2.75, 3.05) is 0 Å². The number of hydrogen-bond donors (Lipinski definition) is 1. The molecule has 0 spiro atoms. The second kappa shape index (κ2) is 4.06. The van der Waals surface area contributed by atoms with E-state index in [2.05, 4.69) is 15.0 Å². The van der Waals surface area contributed by atoms with E-state index in [0.717, 1.165) is 0 Å². The fourth-order valence-electron chi connectivity index (χ4n) is 1.82. The number of H-pyrrole nitrogens is 1. The monoisotopic (exact) mass is 244 g/mol. The van der Waals surface area contributed by atoms with E-state index in [-0.39, 0.29) is 16.9 Å². The Morgan fingerprint density at radius 3 is 2.94 bits per heavy atom. The Labute approximate surface area is 101 Å². The molecule has 2 heterocycles. The zero-order valence-electron chi connectivity index (χ0n) is 9.30. The molecule has 6 heteroatoms. The van der Waals surface area contributed by atoms with Gasteiger partial charge in [-0.2, -0.15) is 0 Å². The summed E-state index contributed by atoms with van der Waals surface area (Å²) in [6.07, 6.45) is 2.80. The molecule has 0 amide bonds. The van der Waals surface area contributed by atoms with Crippen LogP contribution in [0.5, 0.6) is 0 Å². The molecule has 0 aliphatic heterocycles. The number of aromatic amines is 1. The number of fused-ring (bicyclic) bond motifs is 1. The highest BCUT2D eigenvalue weighted by Crippen LogP contribution is 2.11. The SMILES string of the molecule is O=c1[nH]cnc2c1ncn2Cc1ccccc1F. The number of halogens is 1. The van der Waals surface area contributed by atoms with Gasteiger partial charge in [0.25, 0.3) is 5.56 Å². The molecule has 0 bridgehead atoms. The summed E-state index contributed by atoms with van der Waals surface area (Å²) in [5.74, 6) is -0.288. The van der Waals surface area contributed by atoms with Crippen LogP contribution in [0.15, 0.2) is 41.7 Å². The third-order valence-electron chi connectivity index (χ3n) is 2.71. The van der Waals surface area contributed by atoms with Crippen LogP contribution in [0.25, 0.3) is 11.2 Å². The first kappa shape index (κ1) is 10.6. The minimum atomic E-state index is -0.299. The highest BCUT2D eigenvalue weighted by atomic mass is 19.1. The Balaban J connectivity index is 2.09. The quantitative estimate of drug-likeness (QED) is 0.739. The standard InChI is InChI=1S/C12H9FN4O/c13-9-4-2-1-3-8(9)5-17-7-16-10-11(17)14-6-15-12(10)18/h1-4,6-7H,5H2,(H,14,15,18). The van der Waals surface area contributed by atoms with Crippen molar-refractivity contribution in [3.05, 3.63) is 58.7 Å². The van der Waals surface area contributed by atoms with Crippen LogP contribution in [-0.2, 0) is 6.54 Å². The average Bonchev–Trinajstić information content (AvgIpc) is 2.77. The second-order valence-electron chi connectivity index (χ2n) is 3.87. The van der Waals surface area contributed by atoms with Crippen LogP contribution in [0.3, 0.4) is 0 Å². The third kappa shape index (κ3) is 1.67. The molecule has 3 rings (SSSR count). The van der Waals surface area contributed by atoms with Crippen LogP contribution in [-0.4, -0.2) is 19.5 Å². The van der Waals surface area contributed by atoms with Crippen molar-refractivity contribution >= 4 is 11.2 Å². The number of hydrogen-bond acceptors (Lipinski definition) is 3. The highest BCUT2D eigenvalue weighted by molar-refractivity contribution is 5.68. The Kier molecular flexibility index (Phi) is 2.40. The molecule has 90 valence electrons. The van der Waals surface area contributed by atoms with Crippen LogP contribution >= 0.6 is 0 Å². The van der Waals surface area contributed by atoms with Crippen molar-refractivity contribution in [2.24, 2.45) is 0 Å². The van der Waals surface area contributed by atoms with E-state index in [9.17, 15) is 9.18 Å². The van der Waals surface area contributed by atoms with Crippen LogP contribution in [0.1, 0.15) is 5.56 Å². The first-order valence-electron chi connectivity index (χ1n) is 5.37. The molecule has 5 nitrogen and oxygen atoms in total. The van der Waals surface area contributed by atoms with E-state index in [1.165, 1.54) is 18.7 Å². The van der Waals surface area contributed by atoms with Gasteiger partial charge in [-0.05, 0) is 6.07 Å². The van der Waals surface area contributed by atoms with Crippen molar-refractivity contribution in [1.29, 1.82) is 0 Å². The lowest BCUT2D eigenvalue weighted by molar-refractivity contribution is 0.601. The van der Waals surface area contributed by atoms with Crippen LogP contribution in [0, 0.1) is 5.82 Å². The lowest BCUT2D eigenvalue weighted by atomic mass is 10.2. The minimum absolute atomic E-state index is 0.258. The number of nitrogens with one attached hydrogen (secondary N) is 1. The third-order valence-corrected chi connectivity index (χ3v) is 2.71. The van der Waals surface area contributed by atoms with E-state index in [4.69, 9.17) is 0 Å². The predicted octanol–water partition coefficient (Wildman–Crippen LogP) is 1.31. The number of rotatable bonds is 2. The lowest BCUT2D eigenvalue weighted by Gasteiger charge is -2.04. The van der Waals surface area contributed by atoms with Crippen molar-refractivity contribution in [2.45, 2.75) is 6.54 Å². The van der Waals surface area contributed by atoms with Crippen LogP contribution in [0.4, 0.5) is 4.39 Å². The number of aromatic nitrogens is 4. The second-order valence-corrected chi connectivity index (χ2v) is 3.87. The topological polar surface area (TPSA) is 63.6 Å². The summed E-state index contributed by atoms with van der Waals surface area (Å²) in [7, 11) is 0. The maximum absolute atomic E-state index is 13.5. The zero-order chi connectivity index (χ0) is 12.5. The van der Waals surface area contributed by atoms with E-state index in [0.29, 0.717) is 17.8 Å². The van der Waals surface area contributed by atoms with E-state index < -0.39 is 0 Å². The molecule has 0 atom stereocenters. The van der Waals surface area contributed by atoms with E-state index in [1.54, 1.807) is 22.8 Å². The first-order valence-corrected chi connectivity index (χ1v) is 5.37. The van der Waals surface area contributed by atoms with Gasteiger partial charge in [0, 0.05) is 5.56 Å². The summed E-state index contributed by atoms with van der Waals surface area (Å²) in [6.45, 7) is 0.291. The van der Waals surface area contributed by atoms with Gasteiger partial charge in [0.2, 0.25) is 0 Å². The molecule has 0 aliphatic carbocycles. The van der Waals surface area contributed by atoms with Gasteiger partial charge in [0.15, 0.2) is 11.2 Å². The molecular formula is C12H9FN4O. The first-order chi connectivity index (χ1) is 8.75. The molecule has 1 N–H and O–H groups in total. The van der Waals surface area contributed by atoms with Crippen molar-refractivity contribution in [3.63, 3.8) is 0 Å². The smallest absolute Gasteiger partial charge is 0.278 e. The van der Waals surface area contributed by atoms with E-state index in [1.807, 2.05) is 0 Å². The highest BCUT2D eigenvalue weighted by Gasteiger charge is 2.09. The number of imidazole rings is 1. The van der Waals surface area contributed by atoms with Gasteiger partial charge >= 0.3 is 0 Å². The fourth-order valence-corrected chi connectivity index (χ4v) is 1.82. The largest absolute Gasteiger partial charge is 0.311 e. The Morgan fingerprint density at radius 2 is 2.11 bits per heavy atom. The molecule has 0 fully saturated rings. The lowest BCUT2D eigenvalue weighted by Crippen LogP contribution is -2.08. The number of nitrogens with zero attached hydrogens (tertiary/aromatic N) is 3. The molecular weight excluding hydrogens is 235 g/mol. The minimum Gasteiger partial charge on any atom is -0.311 e. The van der Waals surface area contributed by atoms with E-state index >= 15 is 0 Å². The van der Waals surface area contributed by atoms with Gasteiger partial charge < -0.3 is 9.55 Å². The van der Waals surface area contributed by atoms with Crippen molar-refractivity contribution < 1.29 is 4.39 Å². The average molecular weight is 244 g/mol. The Hall–Kier alpha value is -2.50. The summed E-state index contributed by atoms with van der Waals surface area (Å²) < 4.78 is 15.2. The Bertz CT molecular complexity index is 762. The summed E-state index contributed by atoms with van der Waals surface area (Å²) in [5, 5.41) is 0. The van der Waals surface area contributed by atoms with Gasteiger partial charge in [-0.15, -0.1) is 0 Å². The summed E-state index contributed by atoms with van der Waals surface area (Å²) in [4.78, 5) is 21.9. The maximum atomic E-state index is 13.5. The molecule has 1 aromatic carbocycles. The fraction of sp³-hybridized carbons (Fsp3) is 0.0833. The molecule has 0 saturated carbocycles. The van der Waals surface area contributed by atoms with Gasteiger partial charge in [0.1, 0.15) is 5.82 Å².